The summed E-state index contributed by atoms with van der Waals surface area (Å²) in [6.07, 6.45) is 3.78. The summed E-state index contributed by atoms with van der Waals surface area (Å²) < 4.78 is 5.68. The summed E-state index contributed by atoms with van der Waals surface area (Å²) in [5.41, 5.74) is 3.46. The molecule has 2 aromatic rings. The molecule has 126 valence electrons. The highest BCUT2D eigenvalue weighted by Crippen LogP contribution is 2.30. The van der Waals surface area contributed by atoms with Crippen LogP contribution in [0.25, 0.3) is 0 Å². The van der Waals surface area contributed by atoms with Gasteiger partial charge in [-0.1, -0.05) is 35.3 Å². The summed E-state index contributed by atoms with van der Waals surface area (Å²) in [6.45, 7) is 1.70. The van der Waals surface area contributed by atoms with E-state index in [1.54, 1.807) is 25.1 Å². The highest BCUT2D eigenvalue weighted by Gasteiger charge is 2.19. The predicted octanol–water partition coefficient (Wildman–Crippen LogP) is 5.28. The van der Waals surface area contributed by atoms with Crippen molar-refractivity contribution >= 4 is 34.8 Å². The van der Waals surface area contributed by atoms with E-state index in [0.29, 0.717) is 15.8 Å². The van der Waals surface area contributed by atoms with E-state index in [4.69, 9.17) is 27.9 Å². The minimum atomic E-state index is -0.664. The van der Waals surface area contributed by atoms with E-state index in [-0.39, 0.29) is 5.91 Å². The SMILES string of the molecule is C[C@H](Oc1ccc(Cl)cc1Cl)C(=O)Nc1cccc2c1CCCC2. The fourth-order valence-corrected chi connectivity index (χ4v) is 3.40. The first-order valence-electron chi connectivity index (χ1n) is 8.08. The molecule has 0 heterocycles. The van der Waals surface area contributed by atoms with E-state index in [1.807, 2.05) is 12.1 Å². The predicted molar refractivity (Wildman–Crippen MR) is 98.3 cm³/mol. The van der Waals surface area contributed by atoms with Gasteiger partial charge in [0.05, 0.1) is 5.02 Å². The van der Waals surface area contributed by atoms with Gasteiger partial charge in [0, 0.05) is 10.7 Å². The van der Waals surface area contributed by atoms with Crippen molar-refractivity contribution in [2.45, 2.75) is 38.7 Å². The number of rotatable bonds is 4. The molecule has 0 saturated heterocycles. The molecule has 1 aliphatic rings. The molecule has 1 atom stereocenters. The number of anilines is 1. The molecule has 0 bridgehead atoms. The van der Waals surface area contributed by atoms with Crippen LogP contribution in [-0.4, -0.2) is 12.0 Å². The Kier molecular flexibility index (Phi) is 5.32. The number of carbonyl (C=O) groups excluding carboxylic acids is 1. The molecule has 24 heavy (non-hydrogen) atoms. The number of aryl methyl sites for hydroxylation is 1. The molecular weight excluding hydrogens is 345 g/mol. The van der Waals surface area contributed by atoms with Crippen LogP contribution < -0.4 is 10.1 Å². The lowest BCUT2D eigenvalue weighted by molar-refractivity contribution is -0.122. The number of carbonyl (C=O) groups is 1. The number of ether oxygens (including phenoxy) is 1. The molecule has 0 spiro atoms. The highest BCUT2D eigenvalue weighted by molar-refractivity contribution is 6.35. The summed E-state index contributed by atoms with van der Waals surface area (Å²) in [7, 11) is 0. The van der Waals surface area contributed by atoms with E-state index in [1.165, 1.54) is 17.5 Å². The van der Waals surface area contributed by atoms with Crippen LogP contribution in [0.5, 0.6) is 5.75 Å². The second-order valence-electron chi connectivity index (χ2n) is 5.97. The average molecular weight is 364 g/mol. The Bertz CT molecular complexity index is 761. The Balaban J connectivity index is 1.71. The van der Waals surface area contributed by atoms with Gasteiger partial charge in [0.25, 0.3) is 5.91 Å². The van der Waals surface area contributed by atoms with Gasteiger partial charge in [0.2, 0.25) is 0 Å². The van der Waals surface area contributed by atoms with Gasteiger partial charge >= 0.3 is 0 Å². The van der Waals surface area contributed by atoms with Gasteiger partial charge in [0.1, 0.15) is 5.75 Å². The normalized spacial score (nSPS) is 14.6. The molecule has 2 aromatic carbocycles. The smallest absolute Gasteiger partial charge is 0.265 e. The van der Waals surface area contributed by atoms with Crippen molar-refractivity contribution in [2.24, 2.45) is 0 Å². The van der Waals surface area contributed by atoms with Crippen LogP contribution in [0.2, 0.25) is 10.0 Å². The van der Waals surface area contributed by atoms with Crippen molar-refractivity contribution in [1.82, 2.24) is 0 Å². The molecule has 0 aliphatic heterocycles. The first kappa shape index (κ1) is 17.1. The number of hydrogen-bond acceptors (Lipinski definition) is 2. The van der Waals surface area contributed by atoms with Gasteiger partial charge in [-0.2, -0.15) is 0 Å². The fraction of sp³-hybridized carbons (Fsp3) is 0.316. The molecule has 0 saturated carbocycles. The van der Waals surface area contributed by atoms with E-state index in [2.05, 4.69) is 11.4 Å². The molecular formula is C19H19Cl2NO2. The highest BCUT2D eigenvalue weighted by atomic mass is 35.5. The largest absolute Gasteiger partial charge is 0.479 e. The summed E-state index contributed by atoms with van der Waals surface area (Å²) in [6, 6.07) is 11.0. The van der Waals surface area contributed by atoms with Crippen LogP contribution in [0.3, 0.4) is 0 Å². The Morgan fingerprint density at radius 1 is 1.17 bits per heavy atom. The third kappa shape index (κ3) is 3.85. The summed E-state index contributed by atoms with van der Waals surface area (Å²) in [5.74, 6) is 0.249. The number of halogens is 2. The topological polar surface area (TPSA) is 38.3 Å². The van der Waals surface area contributed by atoms with Crippen molar-refractivity contribution in [3.63, 3.8) is 0 Å². The van der Waals surface area contributed by atoms with Gasteiger partial charge < -0.3 is 10.1 Å². The minimum absolute atomic E-state index is 0.194. The van der Waals surface area contributed by atoms with Crippen LogP contribution in [-0.2, 0) is 17.6 Å². The zero-order valence-corrected chi connectivity index (χ0v) is 15.0. The maximum absolute atomic E-state index is 12.5. The number of amides is 1. The Labute approximate surface area is 151 Å². The van der Waals surface area contributed by atoms with Crippen molar-refractivity contribution in [3.05, 3.63) is 57.6 Å². The van der Waals surface area contributed by atoms with Gasteiger partial charge in [-0.15, -0.1) is 0 Å². The lowest BCUT2D eigenvalue weighted by Gasteiger charge is -2.21. The Morgan fingerprint density at radius 2 is 1.96 bits per heavy atom. The van der Waals surface area contributed by atoms with Gasteiger partial charge in [0.15, 0.2) is 6.10 Å². The molecule has 5 heteroatoms. The van der Waals surface area contributed by atoms with Gasteiger partial charge in [-0.05, 0) is 68.0 Å². The molecule has 1 N–H and O–H groups in total. The fourth-order valence-electron chi connectivity index (χ4n) is 2.95. The Hall–Kier alpha value is -1.71. The van der Waals surface area contributed by atoms with Crippen LogP contribution in [0.15, 0.2) is 36.4 Å². The molecule has 0 radical (unpaired) electrons. The second-order valence-corrected chi connectivity index (χ2v) is 6.82. The number of benzene rings is 2. The number of hydrogen-bond donors (Lipinski definition) is 1. The number of nitrogens with one attached hydrogen (secondary N) is 1. The lowest BCUT2D eigenvalue weighted by atomic mass is 9.90. The van der Waals surface area contributed by atoms with Gasteiger partial charge in [-0.25, -0.2) is 0 Å². The molecule has 0 fully saturated rings. The summed E-state index contributed by atoms with van der Waals surface area (Å²) in [5, 5.41) is 3.90. The average Bonchev–Trinajstić information content (AvgIpc) is 2.57. The molecule has 0 unspecified atom stereocenters. The third-order valence-corrected chi connectivity index (χ3v) is 4.75. The standard InChI is InChI=1S/C19H19Cl2NO2/c1-12(24-18-10-9-14(20)11-16(18)21)19(23)22-17-8-4-6-13-5-2-3-7-15(13)17/h4,6,8-12H,2-3,5,7H2,1H3,(H,22,23)/t12-/m0/s1. The quantitative estimate of drug-likeness (QED) is 0.802. The molecule has 0 aromatic heterocycles. The van der Waals surface area contributed by atoms with Crippen molar-refractivity contribution in [3.8, 4) is 5.75 Å². The second kappa shape index (κ2) is 7.45. The first-order chi connectivity index (χ1) is 11.5. The maximum atomic E-state index is 12.5. The van der Waals surface area contributed by atoms with Crippen molar-refractivity contribution < 1.29 is 9.53 Å². The van der Waals surface area contributed by atoms with E-state index in [0.717, 1.165) is 24.9 Å². The molecule has 1 aliphatic carbocycles. The molecule has 3 nitrogen and oxygen atoms in total. The summed E-state index contributed by atoms with van der Waals surface area (Å²) >= 11 is 12.0. The van der Waals surface area contributed by atoms with Crippen molar-refractivity contribution in [1.29, 1.82) is 0 Å². The maximum Gasteiger partial charge on any atom is 0.265 e. The Morgan fingerprint density at radius 3 is 2.75 bits per heavy atom. The van der Waals surface area contributed by atoms with Crippen LogP contribution in [0, 0.1) is 0 Å². The van der Waals surface area contributed by atoms with Crippen LogP contribution in [0.1, 0.15) is 30.9 Å². The number of fused-ring (bicyclic) bond motifs is 1. The summed E-state index contributed by atoms with van der Waals surface area (Å²) in [4.78, 5) is 12.5. The minimum Gasteiger partial charge on any atom is -0.479 e. The van der Waals surface area contributed by atoms with Crippen molar-refractivity contribution in [2.75, 3.05) is 5.32 Å². The third-order valence-electron chi connectivity index (χ3n) is 4.22. The van der Waals surface area contributed by atoms with Gasteiger partial charge in [-0.3, -0.25) is 4.79 Å². The monoisotopic (exact) mass is 363 g/mol. The first-order valence-corrected chi connectivity index (χ1v) is 8.83. The molecule has 3 rings (SSSR count). The van der Waals surface area contributed by atoms with Crippen LogP contribution in [0.4, 0.5) is 5.69 Å². The van der Waals surface area contributed by atoms with E-state index in [9.17, 15) is 4.79 Å². The zero-order chi connectivity index (χ0) is 17.1. The lowest BCUT2D eigenvalue weighted by Crippen LogP contribution is -2.30. The van der Waals surface area contributed by atoms with Crippen LogP contribution >= 0.6 is 23.2 Å². The van der Waals surface area contributed by atoms with E-state index < -0.39 is 6.10 Å². The zero-order valence-electron chi connectivity index (χ0n) is 13.4. The van der Waals surface area contributed by atoms with E-state index >= 15 is 0 Å². The molecule has 1 amide bonds.